The summed E-state index contributed by atoms with van der Waals surface area (Å²) in [4.78, 5) is 18.3. The van der Waals surface area contributed by atoms with Crippen LogP contribution in [0.15, 0.2) is 4.99 Å². The number of nitrogens with one attached hydrogen (secondary N) is 2. The Kier molecular flexibility index (Phi) is 9.30. The fourth-order valence-electron chi connectivity index (χ4n) is 2.97. The molecule has 2 N–H and O–H groups in total. The van der Waals surface area contributed by atoms with Gasteiger partial charge < -0.3 is 20.3 Å². The van der Waals surface area contributed by atoms with Gasteiger partial charge in [0.15, 0.2) is 5.96 Å². The minimum Gasteiger partial charge on any atom is -0.444 e. The van der Waals surface area contributed by atoms with Crippen molar-refractivity contribution in [3.8, 4) is 0 Å². The van der Waals surface area contributed by atoms with Crippen LogP contribution in [0.2, 0.25) is 0 Å². The first-order valence-electron chi connectivity index (χ1n) is 9.30. The molecule has 25 heavy (non-hydrogen) atoms. The summed E-state index contributed by atoms with van der Waals surface area (Å²) in [6.07, 6.45) is 5.78. The van der Waals surface area contributed by atoms with E-state index in [1.54, 1.807) is 0 Å². The van der Waals surface area contributed by atoms with Crippen LogP contribution in [0.4, 0.5) is 4.79 Å². The zero-order valence-corrected chi connectivity index (χ0v) is 18.5. The summed E-state index contributed by atoms with van der Waals surface area (Å²) in [5.41, 5.74) is -0.425. The van der Waals surface area contributed by atoms with Crippen molar-refractivity contribution in [2.45, 2.75) is 58.5 Å². The maximum atomic E-state index is 12.2. The molecule has 1 atom stereocenters. The lowest BCUT2D eigenvalue weighted by Gasteiger charge is -2.34. The van der Waals surface area contributed by atoms with Gasteiger partial charge in [0.25, 0.3) is 0 Å². The van der Waals surface area contributed by atoms with Gasteiger partial charge in [-0.2, -0.15) is 0 Å². The number of carbonyl (C=O) groups excluding carboxylic acids is 1. The van der Waals surface area contributed by atoms with Crippen molar-refractivity contribution >= 4 is 36.0 Å². The molecule has 1 saturated carbocycles. The molecule has 1 aliphatic carbocycles. The smallest absolute Gasteiger partial charge is 0.410 e. The predicted octanol–water partition coefficient (Wildman–Crippen LogP) is 3.22. The summed E-state index contributed by atoms with van der Waals surface area (Å²) < 4.78 is 5.49. The van der Waals surface area contributed by atoms with Crippen LogP contribution in [-0.4, -0.2) is 55.8 Å². The molecule has 1 saturated heterocycles. The van der Waals surface area contributed by atoms with Crippen molar-refractivity contribution < 1.29 is 9.53 Å². The summed E-state index contributed by atoms with van der Waals surface area (Å²) >= 11 is 0. The molecular weight excluding hydrogens is 431 g/mol. The fourth-order valence-corrected chi connectivity index (χ4v) is 2.97. The van der Waals surface area contributed by atoms with Gasteiger partial charge in [0.05, 0.1) is 0 Å². The van der Waals surface area contributed by atoms with Crippen molar-refractivity contribution in [1.82, 2.24) is 15.5 Å². The van der Waals surface area contributed by atoms with Gasteiger partial charge in [0.1, 0.15) is 5.60 Å². The second-order valence-corrected chi connectivity index (χ2v) is 8.05. The lowest BCUT2D eigenvalue weighted by atomic mass is 9.95. The lowest BCUT2D eigenvalue weighted by molar-refractivity contribution is 0.0162. The van der Waals surface area contributed by atoms with Gasteiger partial charge in [-0.05, 0) is 64.7 Å². The van der Waals surface area contributed by atoms with E-state index in [1.807, 2.05) is 32.7 Å². The lowest BCUT2D eigenvalue weighted by Crippen LogP contribution is -2.44. The first-order valence-corrected chi connectivity index (χ1v) is 9.30. The quantitative estimate of drug-likeness (QED) is 0.371. The number of likely N-dealkylation sites (tertiary alicyclic amines) is 1. The topological polar surface area (TPSA) is 66.0 Å². The Labute approximate surface area is 169 Å². The molecule has 0 radical (unpaired) electrons. The van der Waals surface area contributed by atoms with Crippen LogP contribution in [0, 0.1) is 11.8 Å². The summed E-state index contributed by atoms with van der Waals surface area (Å²) in [5.74, 6) is 2.26. The number of guanidine groups is 1. The molecule has 2 fully saturated rings. The monoisotopic (exact) mass is 466 g/mol. The van der Waals surface area contributed by atoms with E-state index in [0.717, 1.165) is 50.9 Å². The van der Waals surface area contributed by atoms with Gasteiger partial charge in [-0.25, -0.2) is 4.79 Å². The largest absolute Gasteiger partial charge is 0.444 e. The molecule has 0 aromatic rings. The van der Waals surface area contributed by atoms with Crippen LogP contribution >= 0.6 is 24.0 Å². The average molecular weight is 466 g/mol. The van der Waals surface area contributed by atoms with Crippen LogP contribution in [0.3, 0.4) is 0 Å². The van der Waals surface area contributed by atoms with E-state index in [2.05, 4.69) is 15.6 Å². The maximum Gasteiger partial charge on any atom is 0.410 e. The van der Waals surface area contributed by atoms with Crippen molar-refractivity contribution in [2.24, 2.45) is 16.8 Å². The van der Waals surface area contributed by atoms with Crippen LogP contribution in [0.1, 0.15) is 52.9 Å². The number of amides is 1. The molecule has 1 unspecified atom stereocenters. The Morgan fingerprint density at radius 3 is 2.52 bits per heavy atom. The van der Waals surface area contributed by atoms with Gasteiger partial charge in [-0.15, -0.1) is 24.0 Å². The predicted molar refractivity (Wildman–Crippen MR) is 113 cm³/mol. The van der Waals surface area contributed by atoms with E-state index >= 15 is 0 Å². The molecule has 0 aromatic heterocycles. The Bertz CT molecular complexity index is 447. The first kappa shape index (κ1) is 22.3. The Morgan fingerprint density at radius 1 is 1.20 bits per heavy atom. The number of ether oxygens (including phenoxy) is 1. The standard InChI is InChI=1S/C18H34N4O2.HI/c1-18(2,3)24-17(23)22-11-5-6-15(13-22)9-10-20-16(19-4)21-12-14-7-8-14;/h14-15H,5-13H2,1-4H3,(H2,19,20,21);1H. The third-order valence-corrected chi connectivity index (χ3v) is 4.49. The SMILES string of the molecule is CN=C(NCCC1CCCN(C(=O)OC(C)(C)C)C1)NCC1CC1.I. The van der Waals surface area contributed by atoms with Crippen LogP contribution < -0.4 is 10.6 Å². The summed E-state index contributed by atoms with van der Waals surface area (Å²) in [5, 5.41) is 6.76. The minimum absolute atomic E-state index is 0. The molecule has 1 amide bonds. The highest BCUT2D eigenvalue weighted by Crippen LogP contribution is 2.27. The van der Waals surface area contributed by atoms with Crippen LogP contribution in [-0.2, 0) is 4.74 Å². The fraction of sp³-hybridized carbons (Fsp3) is 0.889. The Morgan fingerprint density at radius 2 is 1.92 bits per heavy atom. The van der Waals surface area contributed by atoms with Crippen LogP contribution in [0.25, 0.3) is 0 Å². The normalized spacial score (nSPS) is 21.4. The molecule has 0 aromatic carbocycles. The third kappa shape index (κ3) is 8.96. The molecule has 7 heteroatoms. The van der Waals surface area contributed by atoms with E-state index in [0.29, 0.717) is 5.92 Å². The molecular formula is C18H35IN4O2. The zero-order chi connectivity index (χ0) is 17.6. The van der Waals surface area contributed by atoms with E-state index in [4.69, 9.17) is 4.74 Å². The number of piperidine rings is 1. The average Bonchev–Trinajstić information content (AvgIpc) is 3.33. The highest BCUT2D eigenvalue weighted by molar-refractivity contribution is 14.0. The molecule has 2 rings (SSSR count). The molecule has 2 aliphatic rings. The molecule has 0 spiro atoms. The van der Waals surface area contributed by atoms with Crippen LogP contribution in [0.5, 0.6) is 0 Å². The zero-order valence-electron chi connectivity index (χ0n) is 16.1. The number of carbonyl (C=O) groups is 1. The van der Waals surface area contributed by atoms with Gasteiger partial charge >= 0.3 is 6.09 Å². The number of rotatable bonds is 5. The Balaban J connectivity index is 0.00000312. The minimum atomic E-state index is -0.425. The number of nitrogens with zero attached hydrogens (tertiary/aromatic N) is 2. The van der Waals surface area contributed by atoms with E-state index in [9.17, 15) is 4.79 Å². The summed E-state index contributed by atoms with van der Waals surface area (Å²) in [6, 6.07) is 0. The maximum absolute atomic E-state index is 12.2. The summed E-state index contributed by atoms with van der Waals surface area (Å²) in [6.45, 7) is 9.25. The molecule has 1 heterocycles. The molecule has 1 aliphatic heterocycles. The second-order valence-electron chi connectivity index (χ2n) is 8.05. The van der Waals surface area contributed by atoms with Gasteiger partial charge in [-0.1, -0.05) is 0 Å². The van der Waals surface area contributed by atoms with E-state index in [1.165, 1.54) is 19.3 Å². The number of hydrogen-bond acceptors (Lipinski definition) is 3. The molecule has 146 valence electrons. The van der Waals surface area contributed by atoms with Gasteiger partial charge in [-0.3, -0.25) is 4.99 Å². The van der Waals surface area contributed by atoms with Gasteiger partial charge in [0.2, 0.25) is 0 Å². The number of hydrogen-bond donors (Lipinski definition) is 2. The second kappa shape index (κ2) is 10.4. The first-order chi connectivity index (χ1) is 11.4. The highest BCUT2D eigenvalue weighted by atomic mass is 127. The van der Waals surface area contributed by atoms with Crippen molar-refractivity contribution in [1.29, 1.82) is 0 Å². The van der Waals surface area contributed by atoms with Crippen molar-refractivity contribution in [3.05, 3.63) is 0 Å². The molecule has 0 bridgehead atoms. The van der Waals surface area contributed by atoms with E-state index in [-0.39, 0.29) is 30.1 Å². The Hall–Kier alpha value is -0.730. The van der Waals surface area contributed by atoms with E-state index < -0.39 is 5.60 Å². The number of halogens is 1. The van der Waals surface area contributed by atoms with Crippen molar-refractivity contribution in [3.63, 3.8) is 0 Å². The third-order valence-electron chi connectivity index (χ3n) is 4.49. The van der Waals surface area contributed by atoms with Gasteiger partial charge in [0, 0.05) is 33.2 Å². The van der Waals surface area contributed by atoms with Crippen molar-refractivity contribution in [2.75, 3.05) is 33.2 Å². The summed E-state index contributed by atoms with van der Waals surface area (Å²) in [7, 11) is 1.81. The number of aliphatic imine (C=N–C) groups is 1. The highest BCUT2D eigenvalue weighted by Gasteiger charge is 2.27. The molecule has 6 nitrogen and oxygen atoms in total.